The minimum Gasteiger partial charge on any atom is -0.379 e. The van der Waals surface area contributed by atoms with Crippen molar-refractivity contribution in [3.05, 3.63) is 35.6 Å². The first-order valence-corrected chi connectivity index (χ1v) is 8.32. The van der Waals surface area contributed by atoms with Gasteiger partial charge in [-0.3, -0.25) is 4.90 Å². The van der Waals surface area contributed by atoms with Crippen LogP contribution < -0.4 is 10.6 Å². The summed E-state index contributed by atoms with van der Waals surface area (Å²) in [6, 6.07) is 6.22. The van der Waals surface area contributed by atoms with Crippen LogP contribution in [0, 0.1) is 11.7 Å². The molecule has 0 aromatic heterocycles. The Labute approximate surface area is 136 Å². The number of rotatable bonds is 6. The van der Waals surface area contributed by atoms with E-state index in [0.29, 0.717) is 12.5 Å². The molecule has 2 aliphatic rings. The second-order valence-electron chi connectivity index (χ2n) is 6.22. The highest BCUT2D eigenvalue weighted by atomic mass is 19.1. The highest BCUT2D eigenvalue weighted by molar-refractivity contribution is 5.74. The van der Waals surface area contributed by atoms with Crippen molar-refractivity contribution in [1.82, 2.24) is 15.5 Å². The van der Waals surface area contributed by atoms with E-state index in [4.69, 9.17) is 4.74 Å². The molecule has 2 amide bonds. The number of carbonyl (C=O) groups is 1. The zero-order chi connectivity index (χ0) is 16.1. The van der Waals surface area contributed by atoms with E-state index in [1.54, 1.807) is 12.1 Å². The molecule has 1 heterocycles. The van der Waals surface area contributed by atoms with Crippen molar-refractivity contribution in [2.45, 2.75) is 18.9 Å². The van der Waals surface area contributed by atoms with Gasteiger partial charge in [-0.05, 0) is 36.5 Å². The maximum Gasteiger partial charge on any atom is 0.315 e. The Morgan fingerprint density at radius 3 is 2.61 bits per heavy atom. The second kappa shape index (κ2) is 7.75. The third-order valence-corrected chi connectivity index (χ3v) is 4.43. The van der Waals surface area contributed by atoms with E-state index in [1.807, 2.05) is 0 Å². The van der Waals surface area contributed by atoms with Crippen LogP contribution in [-0.4, -0.2) is 50.3 Å². The average molecular weight is 321 g/mol. The van der Waals surface area contributed by atoms with Crippen LogP contribution in [0.4, 0.5) is 9.18 Å². The third kappa shape index (κ3) is 4.91. The van der Waals surface area contributed by atoms with Gasteiger partial charge in [0.1, 0.15) is 5.82 Å². The molecule has 0 unspecified atom stereocenters. The molecule has 0 bridgehead atoms. The lowest BCUT2D eigenvalue weighted by Gasteiger charge is -2.26. The summed E-state index contributed by atoms with van der Waals surface area (Å²) in [6.07, 6.45) is 2.21. The monoisotopic (exact) mass is 321 g/mol. The topological polar surface area (TPSA) is 53.6 Å². The highest BCUT2D eigenvalue weighted by Gasteiger charge is 2.33. The number of carbonyl (C=O) groups excluding carboxylic acids is 1. The summed E-state index contributed by atoms with van der Waals surface area (Å²) in [5, 5.41) is 5.95. The van der Waals surface area contributed by atoms with E-state index in [9.17, 15) is 9.18 Å². The van der Waals surface area contributed by atoms with Gasteiger partial charge in [0.15, 0.2) is 0 Å². The van der Waals surface area contributed by atoms with Crippen molar-refractivity contribution >= 4 is 6.03 Å². The van der Waals surface area contributed by atoms with Gasteiger partial charge >= 0.3 is 6.03 Å². The van der Waals surface area contributed by atoms with Gasteiger partial charge in [-0.15, -0.1) is 0 Å². The van der Waals surface area contributed by atoms with E-state index in [0.717, 1.165) is 51.3 Å². The van der Waals surface area contributed by atoms with E-state index in [1.165, 1.54) is 12.1 Å². The van der Waals surface area contributed by atoms with Gasteiger partial charge in [0.25, 0.3) is 0 Å². The van der Waals surface area contributed by atoms with Gasteiger partial charge in [-0.1, -0.05) is 12.1 Å². The molecule has 6 heteroatoms. The number of hydrogen-bond acceptors (Lipinski definition) is 3. The van der Waals surface area contributed by atoms with Crippen LogP contribution in [0.2, 0.25) is 0 Å². The standard InChI is InChI=1S/C17H24FN3O2/c18-15-5-3-14(4-6-15)16(13-1-2-13)20-17(22)19-7-8-21-9-11-23-12-10-21/h3-6,13,16H,1-2,7-12H2,(H2,19,20,22)/t16-/m1/s1. The van der Waals surface area contributed by atoms with Crippen LogP contribution in [0.25, 0.3) is 0 Å². The molecular weight excluding hydrogens is 297 g/mol. The Kier molecular flexibility index (Phi) is 5.46. The fourth-order valence-electron chi connectivity index (χ4n) is 2.92. The lowest BCUT2D eigenvalue weighted by Crippen LogP contribution is -2.44. The second-order valence-corrected chi connectivity index (χ2v) is 6.22. The van der Waals surface area contributed by atoms with E-state index >= 15 is 0 Å². The molecule has 3 rings (SSSR count). The number of hydrogen-bond donors (Lipinski definition) is 2. The van der Waals surface area contributed by atoms with Gasteiger partial charge in [-0.25, -0.2) is 9.18 Å². The molecular formula is C17H24FN3O2. The molecule has 1 aliphatic heterocycles. The fraction of sp³-hybridized carbons (Fsp3) is 0.588. The molecule has 1 aromatic carbocycles. The summed E-state index contributed by atoms with van der Waals surface area (Å²) in [4.78, 5) is 14.4. The van der Waals surface area contributed by atoms with E-state index < -0.39 is 0 Å². The number of nitrogens with zero attached hydrogens (tertiary/aromatic N) is 1. The lowest BCUT2D eigenvalue weighted by molar-refractivity contribution is 0.0387. The fourth-order valence-corrected chi connectivity index (χ4v) is 2.92. The minimum atomic E-state index is -0.252. The summed E-state index contributed by atoms with van der Waals surface area (Å²) in [5.74, 6) is 0.212. The molecule has 2 fully saturated rings. The van der Waals surface area contributed by atoms with Crippen molar-refractivity contribution in [2.75, 3.05) is 39.4 Å². The maximum atomic E-state index is 13.1. The van der Waals surface area contributed by atoms with Crippen molar-refractivity contribution in [3.63, 3.8) is 0 Å². The summed E-state index contributed by atoms with van der Waals surface area (Å²) >= 11 is 0. The van der Waals surface area contributed by atoms with Gasteiger partial charge < -0.3 is 15.4 Å². The number of nitrogens with one attached hydrogen (secondary N) is 2. The third-order valence-electron chi connectivity index (χ3n) is 4.43. The van der Waals surface area contributed by atoms with Crippen LogP contribution in [0.15, 0.2) is 24.3 Å². The van der Waals surface area contributed by atoms with Crippen LogP contribution in [0.3, 0.4) is 0 Å². The Bertz CT molecular complexity index is 513. The number of benzene rings is 1. The predicted molar refractivity (Wildman–Crippen MR) is 85.7 cm³/mol. The number of amides is 2. The summed E-state index contributed by atoms with van der Waals surface area (Å²) < 4.78 is 18.4. The van der Waals surface area contributed by atoms with Crippen molar-refractivity contribution < 1.29 is 13.9 Å². The zero-order valence-electron chi connectivity index (χ0n) is 13.3. The summed E-state index contributed by atoms with van der Waals surface area (Å²) in [5.41, 5.74) is 0.970. The number of morpholine rings is 1. The molecule has 1 aromatic rings. The molecule has 5 nitrogen and oxygen atoms in total. The quantitative estimate of drug-likeness (QED) is 0.841. The molecule has 126 valence electrons. The zero-order valence-corrected chi connectivity index (χ0v) is 13.3. The highest BCUT2D eigenvalue weighted by Crippen LogP contribution is 2.40. The molecule has 23 heavy (non-hydrogen) atoms. The Morgan fingerprint density at radius 1 is 1.26 bits per heavy atom. The molecule has 2 N–H and O–H groups in total. The predicted octanol–water partition coefficient (Wildman–Crippen LogP) is 1.91. The first-order chi connectivity index (χ1) is 11.2. The first-order valence-electron chi connectivity index (χ1n) is 8.32. The van der Waals surface area contributed by atoms with Crippen molar-refractivity contribution in [3.8, 4) is 0 Å². The summed E-state index contributed by atoms with van der Waals surface area (Å²) in [7, 11) is 0. The SMILES string of the molecule is O=C(NCCN1CCOCC1)N[C@@H](c1ccc(F)cc1)C1CC1. The Balaban J connectivity index is 1.45. The minimum absolute atomic E-state index is 0.0287. The Morgan fingerprint density at radius 2 is 1.96 bits per heavy atom. The molecule has 0 spiro atoms. The van der Waals surface area contributed by atoms with Crippen LogP contribution in [-0.2, 0) is 4.74 Å². The van der Waals surface area contributed by atoms with Crippen molar-refractivity contribution in [1.29, 1.82) is 0 Å². The average Bonchev–Trinajstić information content (AvgIpc) is 3.39. The number of urea groups is 1. The van der Waals surface area contributed by atoms with E-state index in [2.05, 4.69) is 15.5 Å². The van der Waals surface area contributed by atoms with Crippen LogP contribution in [0.5, 0.6) is 0 Å². The van der Waals surface area contributed by atoms with Gasteiger partial charge in [0.05, 0.1) is 19.3 Å². The lowest BCUT2D eigenvalue weighted by atomic mass is 10.0. The molecule has 1 atom stereocenters. The van der Waals surface area contributed by atoms with Crippen LogP contribution in [0.1, 0.15) is 24.4 Å². The normalized spacial score (nSPS) is 20.0. The Hall–Kier alpha value is -1.66. The number of halogens is 1. The molecule has 1 aliphatic carbocycles. The number of ether oxygens (including phenoxy) is 1. The van der Waals surface area contributed by atoms with Crippen molar-refractivity contribution in [2.24, 2.45) is 5.92 Å². The smallest absolute Gasteiger partial charge is 0.315 e. The van der Waals surface area contributed by atoms with E-state index in [-0.39, 0.29) is 17.9 Å². The van der Waals surface area contributed by atoms with Gasteiger partial charge in [0.2, 0.25) is 0 Å². The summed E-state index contributed by atoms with van der Waals surface area (Å²) in [6.45, 7) is 4.82. The van der Waals surface area contributed by atoms with Gasteiger partial charge in [-0.2, -0.15) is 0 Å². The molecule has 0 radical (unpaired) electrons. The first kappa shape index (κ1) is 16.2. The molecule has 1 saturated carbocycles. The molecule has 1 saturated heterocycles. The largest absolute Gasteiger partial charge is 0.379 e. The maximum absolute atomic E-state index is 13.1. The van der Waals surface area contributed by atoms with Crippen LogP contribution >= 0.6 is 0 Å². The van der Waals surface area contributed by atoms with Gasteiger partial charge in [0, 0.05) is 26.2 Å².